The second-order valence-electron chi connectivity index (χ2n) is 5.27. The quantitative estimate of drug-likeness (QED) is 0.890. The molecule has 0 radical (unpaired) electrons. The lowest BCUT2D eigenvalue weighted by molar-refractivity contribution is 0.0700. The number of carbonyl (C=O) groups is 1. The van der Waals surface area contributed by atoms with E-state index in [1.807, 2.05) is 20.9 Å². The van der Waals surface area contributed by atoms with E-state index in [1.165, 1.54) is 11.3 Å². The summed E-state index contributed by atoms with van der Waals surface area (Å²) in [5.74, 6) is -0.258. The number of nitrogens with zero attached hydrogens (tertiary/aromatic N) is 2. The molecular weight excluding hydrogens is 248 g/mol. The van der Waals surface area contributed by atoms with Crippen molar-refractivity contribution in [3.63, 3.8) is 0 Å². The third kappa shape index (κ3) is 3.02. The second-order valence-corrected chi connectivity index (χ2v) is 6.24. The lowest BCUT2D eigenvalue weighted by Crippen LogP contribution is -2.33. The highest BCUT2D eigenvalue weighted by molar-refractivity contribution is 7.17. The van der Waals surface area contributed by atoms with Gasteiger partial charge < -0.3 is 10.0 Å². The van der Waals surface area contributed by atoms with Crippen molar-refractivity contribution in [1.29, 1.82) is 0 Å². The Morgan fingerprint density at radius 1 is 1.28 bits per heavy atom. The second kappa shape index (κ2) is 5.69. The normalized spacial score (nSPS) is 13.1. The number of aromatic carboxylic acids is 1. The van der Waals surface area contributed by atoms with Crippen LogP contribution >= 0.6 is 11.3 Å². The molecule has 1 aromatic heterocycles. The Hall–Kier alpha value is -1.10. The SMILES string of the molecule is CC(C)c1nc(N(C)C(C)C(C)C)sc1C(=O)O. The summed E-state index contributed by atoms with van der Waals surface area (Å²) in [6.07, 6.45) is 0. The van der Waals surface area contributed by atoms with Gasteiger partial charge in [0.2, 0.25) is 0 Å². The van der Waals surface area contributed by atoms with Gasteiger partial charge in [-0.1, -0.05) is 39.0 Å². The minimum absolute atomic E-state index is 0.129. The van der Waals surface area contributed by atoms with Crippen molar-refractivity contribution in [2.24, 2.45) is 5.92 Å². The molecule has 1 heterocycles. The Morgan fingerprint density at radius 2 is 1.83 bits per heavy atom. The van der Waals surface area contributed by atoms with Crippen molar-refractivity contribution in [3.05, 3.63) is 10.6 Å². The molecule has 1 rings (SSSR count). The molecule has 0 aliphatic carbocycles. The summed E-state index contributed by atoms with van der Waals surface area (Å²) < 4.78 is 0. The number of hydrogen-bond donors (Lipinski definition) is 1. The van der Waals surface area contributed by atoms with E-state index >= 15 is 0 Å². The van der Waals surface area contributed by atoms with Gasteiger partial charge >= 0.3 is 5.97 Å². The fraction of sp³-hybridized carbons (Fsp3) is 0.692. The molecule has 0 amide bonds. The average molecular weight is 270 g/mol. The minimum Gasteiger partial charge on any atom is -0.477 e. The molecular formula is C13H22N2O2S. The van der Waals surface area contributed by atoms with Gasteiger partial charge in [0, 0.05) is 13.1 Å². The summed E-state index contributed by atoms with van der Waals surface area (Å²) in [7, 11) is 1.97. The monoisotopic (exact) mass is 270 g/mol. The highest BCUT2D eigenvalue weighted by Crippen LogP contribution is 2.31. The zero-order chi connectivity index (χ0) is 14.0. The standard InChI is InChI=1S/C13H22N2O2S/c1-7(2)9(5)15(6)13-14-10(8(3)4)11(18-13)12(16)17/h7-9H,1-6H3,(H,16,17). The van der Waals surface area contributed by atoms with Crippen molar-refractivity contribution in [3.8, 4) is 0 Å². The predicted octanol–water partition coefficient (Wildman–Crippen LogP) is 3.45. The van der Waals surface area contributed by atoms with E-state index < -0.39 is 5.97 Å². The van der Waals surface area contributed by atoms with E-state index in [-0.39, 0.29) is 5.92 Å². The molecule has 18 heavy (non-hydrogen) atoms. The van der Waals surface area contributed by atoms with Crippen molar-refractivity contribution < 1.29 is 9.90 Å². The number of thiazole rings is 1. The molecule has 0 spiro atoms. The molecule has 0 fully saturated rings. The summed E-state index contributed by atoms with van der Waals surface area (Å²) in [6, 6.07) is 0.331. The van der Waals surface area contributed by atoms with E-state index in [2.05, 4.69) is 30.7 Å². The van der Waals surface area contributed by atoms with Crippen molar-refractivity contribution in [2.45, 2.75) is 46.6 Å². The lowest BCUT2D eigenvalue weighted by atomic mass is 10.1. The molecule has 0 saturated carbocycles. The summed E-state index contributed by atoms with van der Waals surface area (Å²) in [4.78, 5) is 18.1. The number of carboxylic acid groups (broad SMARTS) is 1. The number of carboxylic acids is 1. The Kier molecular flexibility index (Phi) is 4.73. The fourth-order valence-electron chi connectivity index (χ4n) is 1.64. The van der Waals surface area contributed by atoms with E-state index in [0.29, 0.717) is 22.5 Å². The molecule has 5 heteroatoms. The Balaban J connectivity index is 3.12. The number of anilines is 1. The summed E-state index contributed by atoms with van der Waals surface area (Å²) >= 11 is 1.27. The van der Waals surface area contributed by atoms with Crippen molar-refractivity contribution in [1.82, 2.24) is 4.98 Å². The van der Waals surface area contributed by atoms with Crippen LogP contribution in [0.3, 0.4) is 0 Å². The largest absolute Gasteiger partial charge is 0.477 e. The van der Waals surface area contributed by atoms with Crippen LogP contribution in [0.25, 0.3) is 0 Å². The molecule has 0 aliphatic heterocycles. The van der Waals surface area contributed by atoms with Crippen LogP contribution in [0.2, 0.25) is 0 Å². The number of aromatic nitrogens is 1. The maximum absolute atomic E-state index is 11.2. The minimum atomic E-state index is -0.881. The molecule has 1 aromatic rings. The van der Waals surface area contributed by atoms with Crippen LogP contribution in [-0.2, 0) is 0 Å². The molecule has 0 aromatic carbocycles. The average Bonchev–Trinajstić information content (AvgIpc) is 2.71. The summed E-state index contributed by atoms with van der Waals surface area (Å²) in [5, 5.41) is 10.00. The van der Waals surface area contributed by atoms with E-state index in [1.54, 1.807) is 0 Å². The van der Waals surface area contributed by atoms with Gasteiger partial charge in [0.1, 0.15) is 4.88 Å². The summed E-state index contributed by atoms with van der Waals surface area (Å²) in [6.45, 7) is 10.4. The van der Waals surface area contributed by atoms with E-state index in [9.17, 15) is 9.90 Å². The third-order valence-electron chi connectivity index (χ3n) is 3.26. The maximum atomic E-state index is 11.2. The van der Waals surface area contributed by atoms with Gasteiger partial charge in [-0.25, -0.2) is 9.78 Å². The van der Waals surface area contributed by atoms with Crippen LogP contribution in [-0.4, -0.2) is 29.1 Å². The van der Waals surface area contributed by atoms with Crippen LogP contribution in [0, 0.1) is 5.92 Å². The van der Waals surface area contributed by atoms with Crippen molar-refractivity contribution in [2.75, 3.05) is 11.9 Å². The molecule has 1 unspecified atom stereocenters. The van der Waals surface area contributed by atoms with E-state index in [0.717, 1.165) is 5.13 Å². The van der Waals surface area contributed by atoms with Gasteiger partial charge in [-0.2, -0.15) is 0 Å². The molecule has 0 bridgehead atoms. The Bertz CT molecular complexity index is 427. The Labute approximate surface area is 113 Å². The lowest BCUT2D eigenvalue weighted by Gasteiger charge is -2.27. The van der Waals surface area contributed by atoms with Gasteiger partial charge in [-0.15, -0.1) is 0 Å². The van der Waals surface area contributed by atoms with Gasteiger partial charge in [0.15, 0.2) is 5.13 Å². The first-order valence-corrected chi connectivity index (χ1v) is 7.04. The smallest absolute Gasteiger partial charge is 0.347 e. The predicted molar refractivity (Wildman–Crippen MR) is 75.9 cm³/mol. The molecule has 1 atom stereocenters. The van der Waals surface area contributed by atoms with Gasteiger partial charge in [0.05, 0.1) is 5.69 Å². The molecule has 102 valence electrons. The highest BCUT2D eigenvalue weighted by atomic mass is 32.1. The first-order valence-electron chi connectivity index (χ1n) is 6.22. The maximum Gasteiger partial charge on any atom is 0.347 e. The number of rotatable bonds is 5. The van der Waals surface area contributed by atoms with E-state index in [4.69, 9.17) is 0 Å². The van der Waals surface area contributed by atoms with Gasteiger partial charge in [-0.05, 0) is 18.8 Å². The van der Waals surface area contributed by atoms with Crippen LogP contribution in [0.15, 0.2) is 0 Å². The fourth-order valence-corrected chi connectivity index (χ4v) is 2.75. The highest BCUT2D eigenvalue weighted by Gasteiger charge is 2.23. The van der Waals surface area contributed by atoms with Gasteiger partial charge in [0.25, 0.3) is 0 Å². The topological polar surface area (TPSA) is 53.4 Å². The van der Waals surface area contributed by atoms with Crippen LogP contribution in [0.1, 0.15) is 55.9 Å². The third-order valence-corrected chi connectivity index (χ3v) is 4.41. The first kappa shape index (κ1) is 15.0. The molecule has 1 N–H and O–H groups in total. The number of hydrogen-bond acceptors (Lipinski definition) is 4. The summed E-state index contributed by atoms with van der Waals surface area (Å²) in [5.41, 5.74) is 0.685. The Morgan fingerprint density at radius 3 is 2.17 bits per heavy atom. The van der Waals surface area contributed by atoms with Crippen LogP contribution in [0.5, 0.6) is 0 Å². The van der Waals surface area contributed by atoms with Crippen LogP contribution < -0.4 is 4.90 Å². The van der Waals surface area contributed by atoms with Crippen LogP contribution in [0.4, 0.5) is 5.13 Å². The molecule has 4 nitrogen and oxygen atoms in total. The van der Waals surface area contributed by atoms with Crippen molar-refractivity contribution >= 4 is 22.4 Å². The zero-order valence-corrected chi connectivity index (χ0v) is 12.7. The molecule has 0 aliphatic rings. The molecule has 0 saturated heterocycles. The zero-order valence-electron chi connectivity index (χ0n) is 11.9. The first-order chi connectivity index (χ1) is 8.25. The van der Waals surface area contributed by atoms with Gasteiger partial charge in [-0.3, -0.25) is 0 Å².